The lowest BCUT2D eigenvalue weighted by molar-refractivity contribution is 0.0899. The molecule has 0 bridgehead atoms. The highest BCUT2D eigenvalue weighted by atomic mass is 79.9. The molecule has 1 aromatic rings. The molecule has 0 spiro atoms. The van der Waals surface area contributed by atoms with Gasteiger partial charge in [-0.15, -0.1) is 0 Å². The van der Waals surface area contributed by atoms with Crippen LogP contribution < -0.4 is 5.32 Å². The Bertz CT molecular complexity index is 497. The number of amides is 1. The first kappa shape index (κ1) is 15.3. The number of halogens is 1. The molecule has 1 fully saturated rings. The first-order valence-corrected chi connectivity index (χ1v) is 7.68. The lowest BCUT2D eigenvalue weighted by atomic mass is 9.96. The molecule has 2 N–H and O–H groups in total. The van der Waals surface area contributed by atoms with Gasteiger partial charge in [-0.1, -0.05) is 12.8 Å². The van der Waals surface area contributed by atoms with Gasteiger partial charge in [-0.2, -0.15) is 0 Å². The first-order valence-electron chi connectivity index (χ1n) is 6.89. The Labute approximate surface area is 128 Å². The lowest BCUT2D eigenvalue weighted by Gasteiger charge is -2.36. The number of carbonyl (C=O) groups excluding carboxylic acids is 1. The van der Waals surface area contributed by atoms with Crippen LogP contribution in [-0.2, 0) is 0 Å². The van der Waals surface area contributed by atoms with E-state index in [1.54, 1.807) is 12.1 Å². The molecule has 0 saturated heterocycles. The highest BCUT2D eigenvalue weighted by Crippen LogP contribution is 2.33. The zero-order chi connectivity index (χ0) is 14.8. The minimum atomic E-state index is -0.138. The van der Waals surface area contributed by atoms with E-state index >= 15 is 0 Å². The predicted molar refractivity (Wildman–Crippen MR) is 83.0 cm³/mol. The Hall–Kier alpha value is -1.07. The minimum Gasteiger partial charge on any atom is -0.507 e. The molecular weight excluding hydrogens is 320 g/mol. The second-order valence-electron chi connectivity index (χ2n) is 5.67. The molecule has 0 unspecified atom stereocenters. The number of nitrogens with zero attached hydrogens (tertiary/aromatic N) is 1. The summed E-state index contributed by atoms with van der Waals surface area (Å²) in [4.78, 5) is 14.4. The van der Waals surface area contributed by atoms with Gasteiger partial charge in [-0.05, 0) is 61.1 Å². The summed E-state index contributed by atoms with van der Waals surface area (Å²) in [7, 11) is 4.14. The summed E-state index contributed by atoms with van der Waals surface area (Å²) in [6.07, 6.45) is 4.66. The molecule has 2 rings (SSSR count). The highest BCUT2D eigenvalue weighted by Gasteiger charge is 2.36. The summed E-state index contributed by atoms with van der Waals surface area (Å²) in [6.45, 7) is 0.648. The average Bonchev–Trinajstić information content (AvgIpc) is 2.89. The van der Waals surface area contributed by atoms with Gasteiger partial charge in [0.15, 0.2) is 0 Å². The van der Waals surface area contributed by atoms with Crippen LogP contribution in [0.1, 0.15) is 36.0 Å². The quantitative estimate of drug-likeness (QED) is 0.886. The van der Waals surface area contributed by atoms with Gasteiger partial charge in [-0.3, -0.25) is 4.79 Å². The van der Waals surface area contributed by atoms with Gasteiger partial charge >= 0.3 is 0 Å². The molecule has 0 radical (unpaired) electrons. The molecule has 0 atom stereocenters. The molecule has 1 saturated carbocycles. The van der Waals surface area contributed by atoms with E-state index in [-0.39, 0.29) is 17.2 Å². The number of aromatic hydroxyl groups is 1. The van der Waals surface area contributed by atoms with Gasteiger partial charge in [0.2, 0.25) is 0 Å². The van der Waals surface area contributed by atoms with Crippen LogP contribution >= 0.6 is 15.9 Å². The number of carbonyl (C=O) groups is 1. The number of hydrogen-bond donors (Lipinski definition) is 2. The van der Waals surface area contributed by atoms with Crippen molar-refractivity contribution in [3.8, 4) is 5.75 Å². The predicted octanol–water partition coefficient (Wildman–Crippen LogP) is 2.76. The van der Waals surface area contributed by atoms with Crippen molar-refractivity contribution >= 4 is 21.8 Å². The van der Waals surface area contributed by atoms with Crippen molar-refractivity contribution in [1.82, 2.24) is 10.2 Å². The summed E-state index contributed by atoms with van der Waals surface area (Å²) in [5, 5.41) is 12.6. The molecule has 1 aliphatic rings. The van der Waals surface area contributed by atoms with Gasteiger partial charge < -0.3 is 15.3 Å². The molecular formula is C15H21BrN2O2. The van der Waals surface area contributed by atoms with Crippen molar-refractivity contribution in [2.45, 2.75) is 31.2 Å². The summed E-state index contributed by atoms with van der Waals surface area (Å²) >= 11 is 3.21. The van der Waals surface area contributed by atoms with Gasteiger partial charge in [0, 0.05) is 17.6 Å². The zero-order valence-corrected chi connectivity index (χ0v) is 13.5. The maximum Gasteiger partial charge on any atom is 0.251 e. The molecule has 4 nitrogen and oxygen atoms in total. The van der Waals surface area contributed by atoms with E-state index in [1.165, 1.54) is 18.9 Å². The van der Waals surface area contributed by atoms with Crippen molar-refractivity contribution in [2.75, 3.05) is 20.6 Å². The number of rotatable bonds is 4. The van der Waals surface area contributed by atoms with Crippen LogP contribution in [0.2, 0.25) is 0 Å². The van der Waals surface area contributed by atoms with Crippen LogP contribution in [0, 0.1) is 0 Å². The van der Waals surface area contributed by atoms with E-state index in [0.29, 0.717) is 16.6 Å². The van der Waals surface area contributed by atoms with Crippen molar-refractivity contribution in [3.05, 3.63) is 28.2 Å². The topological polar surface area (TPSA) is 52.6 Å². The number of phenolic OH excluding ortho intramolecular Hbond substituents is 1. The van der Waals surface area contributed by atoms with Gasteiger partial charge in [0.25, 0.3) is 5.91 Å². The Morgan fingerprint density at radius 2 is 2.05 bits per heavy atom. The highest BCUT2D eigenvalue weighted by molar-refractivity contribution is 9.10. The summed E-state index contributed by atoms with van der Waals surface area (Å²) in [5.41, 5.74) is 0.560. The molecule has 0 aliphatic heterocycles. The molecule has 1 aromatic carbocycles. The van der Waals surface area contributed by atoms with E-state index in [9.17, 15) is 9.90 Å². The first-order chi connectivity index (χ1) is 9.44. The van der Waals surface area contributed by atoms with Crippen LogP contribution in [0.5, 0.6) is 5.75 Å². The Kier molecular flexibility index (Phi) is 4.70. The molecule has 1 aliphatic carbocycles. The Morgan fingerprint density at radius 3 is 2.60 bits per heavy atom. The number of likely N-dealkylation sites (N-methyl/N-ethyl adjacent to an activating group) is 1. The fourth-order valence-corrected chi connectivity index (χ4v) is 3.06. The molecule has 0 heterocycles. The van der Waals surface area contributed by atoms with E-state index in [4.69, 9.17) is 0 Å². The maximum atomic E-state index is 12.2. The molecule has 0 aromatic heterocycles. The molecule has 20 heavy (non-hydrogen) atoms. The van der Waals surface area contributed by atoms with Crippen LogP contribution in [0.25, 0.3) is 0 Å². The van der Waals surface area contributed by atoms with Crippen molar-refractivity contribution < 1.29 is 9.90 Å². The van der Waals surface area contributed by atoms with Crippen molar-refractivity contribution in [2.24, 2.45) is 0 Å². The van der Waals surface area contributed by atoms with Crippen LogP contribution in [0.4, 0.5) is 0 Å². The van der Waals surface area contributed by atoms with Crippen molar-refractivity contribution in [1.29, 1.82) is 0 Å². The average molecular weight is 341 g/mol. The monoisotopic (exact) mass is 340 g/mol. The number of hydrogen-bond acceptors (Lipinski definition) is 3. The summed E-state index contributed by atoms with van der Waals surface area (Å²) in [6, 6.07) is 4.87. The molecule has 1 amide bonds. The SMILES string of the molecule is CN(C)C1(CNC(=O)c2ccc(Br)c(O)c2)CCCC1. The zero-order valence-electron chi connectivity index (χ0n) is 11.9. The standard InChI is InChI=1S/C15H21BrN2O2/c1-18(2)15(7-3-4-8-15)10-17-14(20)11-5-6-12(16)13(19)9-11/h5-6,9,19H,3-4,7-8,10H2,1-2H3,(H,17,20). The maximum absolute atomic E-state index is 12.2. The van der Waals surface area contributed by atoms with Gasteiger partial charge in [0.1, 0.15) is 5.75 Å². The smallest absolute Gasteiger partial charge is 0.251 e. The number of benzene rings is 1. The molecule has 5 heteroatoms. The van der Waals surface area contributed by atoms with Gasteiger partial charge in [0.05, 0.1) is 4.47 Å². The Morgan fingerprint density at radius 1 is 1.40 bits per heavy atom. The second-order valence-corrected chi connectivity index (χ2v) is 6.53. The minimum absolute atomic E-state index is 0.0765. The van der Waals surface area contributed by atoms with E-state index in [0.717, 1.165) is 12.8 Å². The summed E-state index contributed by atoms with van der Waals surface area (Å²) in [5.74, 6) is -0.0539. The third-order valence-electron chi connectivity index (χ3n) is 4.27. The van der Waals surface area contributed by atoms with Crippen LogP contribution in [0.3, 0.4) is 0 Å². The summed E-state index contributed by atoms with van der Waals surface area (Å²) < 4.78 is 0.592. The lowest BCUT2D eigenvalue weighted by Crippen LogP contribution is -2.50. The second kappa shape index (κ2) is 6.14. The Balaban J connectivity index is 2.02. The van der Waals surface area contributed by atoms with E-state index in [1.807, 2.05) is 0 Å². The third kappa shape index (κ3) is 3.15. The van der Waals surface area contributed by atoms with E-state index in [2.05, 4.69) is 40.2 Å². The van der Waals surface area contributed by atoms with Crippen molar-refractivity contribution in [3.63, 3.8) is 0 Å². The number of nitrogens with one attached hydrogen (secondary N) is 1. The van der Waals surface area contributed by atoms with Crippen LogP contribution in [-0.4, -0.2) is 42.1 Å². The van der Waals surface area contributed by atoms with Crippen LogP contribution in [0.15, 0.2) is 22.7 Å². The fourth-order valence-electron chi connectivity index (χ4n) is 2.82. The third-order valence-corrected chi connectivity index (χ3v) is 4.94. The molecule has 110 valence electrons. The van der Waals surface area contributed by atoms with E-state index < -0.39 is 0 Å². The fraction of sp³-hybridized carbons (Fsp3) is 0.533. The normalized spacial score (nSPS) is 17.4. The largest absolute Gasteiger partial charge is 0.507 e. The van der Waals surface area contributed by atoms with Gasteiger partial charge in [-0.25, -0.2) is 0 Å². The number of phenols is 1.